The molecule has 0 bridgehead atoms. The Bertz CT molecular complexity index is 694. The van der Waals surface area contributed by atoms with E-state index < -0.39 is 18.2 Å². The topological polar surface area (TPSA) is 89.8 Å². The van der Waals surface area contributed by atoms with Gasteiger partial charge < -0.3 is 20.6 Å². The van der Waals surface area contributed by atoms with E-state index in [1.54, 1.807) is 6.08 Å². The lowest BCUT2D eigenvalue weighted by molar-refractivity contribution is -0.124. The van der Waals surface area contributed by atoms with Crippen molar-refractivity contribution >= 4 is 5.91 Å². The van der Waals surface area contributed by atoms with Gasteiger partial charge in [0.25, 0.3) is 0 Å². The molecule has 3 atom stereocenters. The van der Waals surface area contributed by atoms with Crippen molar-refractivity contribution in [3.63, 3.8) is 0 Å². The van der Waals surface area contributed by atoms with Crippen LogP contribution >= 0.6 is 0 Å². The molecule has 0 rings (SSSR count). The third-order valence-electron chi connectivity index (χ3n) is 9.48. The second-order valence-corrected chi connectivity index (χ2v) is 14.2. The third-order valence-corrected chi connectivity index (χ3v) is 9.48. The molecule has 0 fully saturated rings. The average molecular weight is 664 g/mol. The van der Waals surface area contributed by atoms with Gasteiger partial charge in [-0.15, -0.1) is 0 Å². The van der Waals surface area contributed by atoms with Gasteiger partial charge in [0, 0.05) is 0 Å². The van der Waals surface area contributed by atoms with Gasteiger partial charge in [-0.2, -0.15) is 0 Å². The monoisotopic (exact) mass is 664 g/mol. The van der Waals surface area contributed by atoms with Gasteiger partial charge in [-0.05, 0) is 44.9 Å². The molecule has 0 saturated carbocycles. The Labute approximate surface area is 292 Å². The summed E-state index contributed by atoms with van der Waals surface area (Å²) in [6, 6.07) is -0.743. The summed E-state index contributed by atoms with van der Waals surface area (Å²) in [4.78, 5) is 12.4. The fraction of sp³-hybridized carbons (Fsp3) is 0.881. The summed E-state index contributed by atoms with van der Waals surface area (Å²) in [5, 5.41) is 33.1. The highest BCUT2D eigenvalue weighted by atomic mass is 16.3. The van der Waals surface area contributed by atoms with Crippen molar-refractivity contribution in [1.82, 2.24) is 5.32 Å². The minimum Gasteiger partial charge on any atom is -0.394 e. The van der Waals surface area contributed by atoms with Crippen molar-refractivity contribution in [2.75, 3.05) is 6.61 Å². The van der Waals surface area contributed by atoms with E-state index in [-0.39, 0.29) is 18.9 Å². The second kappa shape index (κ2) is 37.6. The molecule has 1 amide bonds. The first-order chi connectivity index (χ1) is 23.0. The summed E-state index contributed by atoms with van der Waals surface area (Å²) in [6.45, 7) is 4.19. The summed E-state index contributed by atoms with van der Waals surface area (Å²) < 4.78 is 0. The van der Waals surface area contributed by atoms with Gasteiger partial charge in [0.1, 0.15) is 0 Å². The lowest BCUT2D eigenvalue weighted by atomic mass is 10.0. The van der Waals surface area contributed by atoms with Crippen LogP contribution in [0.5, 0.6) is 0 Å². The maximum atomic E-state index is 12.4. The molecule has 0 aromatic carbocycles. The van der Waals surface area contributed by atoms with Gasteiger partial charge in [-0.3, -0.25) is 4.79 Å². The maximum Gasteiger partial charge on any atom is 0.222 e. The number of rotatable bonds is 37. The van der Waals surface area contributed by atoms with E-state index in [0.717, 1.165) is 38.5 Å². The molecule has 3 unspecified atom stereocenters. The molecule has 5 heteroatoms. The zero-order chi connectivity index (χ0) is 34.5. The minimum absolute atomic E-state index is 0.00929. The number of allylic oxidation sites excluding steroid dienone is 3. The first-order valence-electron chi connectivity index (χ1n) is 20.6. The van der Waals surface area contributed by atoms with Gasteiger partial charge in [-0.25, -0.2) is 0 Å². The Morgan fingerprint density at radius 3 is 1.30 bits per heavy atom. The summed E-state index contributed by atoms with van der Waals surface area (Å²) in [5.74, 6) is -0.321. The number of nitrogens with one attached hydrogen (secondary N) is 1. The quantitative estimate of drug-likeness (QED) is 0.0393. The first kappa shape index (κ1) is 45.8. The van der Waals surface area contributed by atoms with Crippen LogP contribution in [0.4, 0.5) is 0 Å². The first-order valence-corrected chi connectivity index (χ1v) is 20.6. The van der Waals surface area contributed by atoms with Crippen molar-refractivity contribution in [3.05, 3.63) is 24.3 Å². The fourth-order valence-electron chi connectivity index (χ4n) is 6.27. The zero-order valence-corrected chi connectivity index (χ0v) is 31.4. The molecule has 0 aromatic rings. The van der Waals surface area contributed by atoms with Crippen LogP contribution in [-0.4, -0.2) is 46.1 Å². The number of aliphatic hydroxyl groups is 3. The maximum absolute atomic E-state index is 12.4. The molecule has 4 N–H and O–H groups in total. The van der Waals surface area contributed by atoms with Crippen molar-refractivity contribution in [2.45, 2.75) is 231 Å². The van der Waals surface area contributed by atoms with Crippen LogP contribution < -0.4 is 5.32 Å². The molecule has 0 radical (unpaired) electrons. The van der Waals surface area contributed by atoms with E-state index >= 15 is 0 Å². The highest BCUT2D eigenvalue weighted by Gasteiger charge is 2.20. The number of carbonyl (C=O) groups excluding carboxylic acids is 1. The van der Waals surface area contributed by atoms with Crippen LogP contribution in [0.1, 0.15) is 213 Å². The van der Waals surface area contributed by atoms with E-state index in [1.165, 1.54) is 148 Å². The molecule has 47 heavy (non-hydrogen) atoms. The van der Waals surface area contributed by atoms with Crippen LogP contribution in [-0.2, 0) is 4.79 Å². The van der Waals surface area contributed by atoms with Crippen LogP contribution in [0.3, 0.4) is 0 Å². The van der Waals surface area contributed by atoms with Crippen molar-refractivity contribution in [1.29, 1.82) is 0 Å². The van der Waals surface area contributed by atoms with Crippen molar-refractivity contribution in [2.24, 2.45) is 0 Å². The number of carbonyl (C=O) groups is 1. The Balaban J connectivity index is 3.65. The summed E-state index contributed by atoms with van der Waals surface area (Å²) >= 11 is 0. The summed E-state index contributed by atoms with van der Waals surface area (Å²) in [6.07, 6.45) is 44.6. The molecular weight excluding hydrogens is 582 g/mol. The van der Waals surface area contributed by atoms with E-state index in [0.29, 0.717) is 6.42 Å². The molecule has 0 saturated heterocycles. The second-order valence-electron chi connectivity index (χ2n) is 14.2. The molecule has 5 nitrogen and oxygen atoms in total. The molecule has 0 aliphatic heterocycles. The average Bonchev–Trinajstić information content (AvgIpc) is 3.06. The molecule has 0 aliphatic rings. The van der Waals surface area contributed by atoms with Crippen LogP contribution in [0.15, 0.2) is 24.3 Å². The third kappa shape index (κ3) is 34.5. The van der Waals surface area contributed by atoms with E-state index in [2.05, 4.69) is 31.3 Å². The van der Waals surface area contributed by atoms with Gasteiger partial charge in [0.05, 0.1) is 31.3 Å². The summed E-state index contributed by atoms with van der Waals surface area (Å²) in [5.41, 5.74) is 0. The number of hydrogen-bond donors (Lipinski definition) is 4. The highest BCUT2D eigenvalue weighted by molar-refractivity contribution is 5.76. The van der Waals surface area contributed by atoms with Gasteiger partial charge >= 0.3 is 0 Å². The fourth-order valence-corrected chi connectivity index (χ4v) is 6.27. The normalized spacial score (nSPS) is 13.9. The minimum atomic E-state index is -0.927. The summed E-state index contributed by atoms with van der Waals surface area (Å²) in [7, 11) is 0. The smallest absolute Gasteiger partial charge is 0.222 e. The SMILES string of the molecule is CCCCCCCCCCC/C=C/C(O)C(CO)NC(=O)CC(O)CCCCCCC/C=C\CCCCCCCCCCCCCC. The lowest BCUT2D eigenvalue weighted by Crippen LogP contribution is -2.45. The standard InChI is InChI=1S/C42H81NO4/c1-3-5-7-9-11-13-15-16-17-18-19-20-21-22-23-24-26-27-29-31-33-35-39(45)37-42(47)43-40(38-44)41(46)36-34-32-30-28-25-14-12-10-8-6-4-2/h22-23,34,36,39-41,44-46H,3-21,24-33,35,37-38H2,1-2H3,(H,43,47)/b23-22-,36-34+. The van der Waals surface area contributed by atoms with Crippen LogP contribution in [0.2, 0.25) is 0 Å². The van der Waals surface area contributed by atoms with Crippen molar-refractivity contribution in [3.8, 4) is 0 Å². The lowest BCUT2D eigenvalue weighted by Gasteiger charge is -2.21. The van der Waals surface area contributed by atoms with Gasteiger partial charge in [0.15, 0.2) is 0 Å². The molecular formula is C42H81NO4. The van der Waals surface area contributed by atoms with E-state index in [4.69, 9.17) is 0 Å². The number of aliphatic hydroxyl groups excluding tert-OH is 3. The van der Waals surface area contributed by atoms with E-state index in [1.807, 2.05) is 6.08 Å². The molecule has 0 aromatic heterocycles. The molecule has 0 heterocycles. The predicted molar refractivity (Wildman–Crippen MR) is 204 cm³/mol. The Morgan fingerprint density at radius 2 is 0.894 bits per heavy atom. The highest BCUT2D eigenvalue weighted by Crippen LogP contribution is 2.14. The van der Waals surface area contributed by atoms with Gasteiger partial charge in [0.2, 0.25) is 5.91 Å². The van der Waals surface area contributed by atoms with Crippen LogP contribution in [0.25, 0.3) is 0 Å². The van der Waals surface area contributed by atoms with Gasteiger partial charge in [-0.1, -0.05) is 186 Å². The number of amides is 1. The Morgan fingerprint density at radius 1 is 0.532 bits per heavy atom. The van der Waals surface area contributed by atoms with Crippen molar-refractivity contribution < 1.29 is 20.1 Å². The van der Waals surface area contributed by atoms with E-state index in [9.17, 15) is 20.1 Å². The Kier molecular flexibility index (Phi) is 36.7. The number of hydrogen-bond acceptors (Lipinski definition) is 4. The van der Waals surface area contributed by atoms with Crippen LogP contribution in [0, 0.1) is 0 Å². The molecule has 0 spiro atoms. The zero-order valence-electron chi connectivity index (χ0n) is 31.4. The molecule has 278 valence electrons. The largest absolute Gasteiger partial charge is 0.394 e. The molecule has 0 aliphatic carbocycles. The Hall–Kier alpha value is -1.17. The number of unbranched alkanes of at least 4 members (excludes halogenated alkanes) is 26. The predicted octanol–water partition coefficient (Wildman–Crippen LogP) is 11.4.